The number of phenols is 1. The summed E-state index contributed by atoms with van der Waals surface area (Å²) in [5.74, 6) is -0.252. The Morgan fingerprint density at radius 2 is 1.83 bits per heavy atom. The smallest absolute Gasteiger partial charge is 0.342 e. The molecule has 1 atom stereocenters. The molecule has 0 aliphatic heterocycles. The monoisotopic (exact) mass is 514 g/mol. The molecule has 7 nitrogen and oxygen atoms in total. The van der Waals surface area contributed by atoms with E-state index in [9.17, 15) is 14.7 Å². The Labute approximate surface area is 214 Å². The van der Waals surface area contributed by atoms with Gasteiger partial charge in [0, 0.05) is 23.2 Å². The summed E-state index contributed by atoms with van der Waals surface area (Å²) in [7, 11) is 0. The van der Waals surface area contributed by atoms with Crippen LogP contribution in [0.2, 0.25) is 10.0 Å². The van der Waals surface area contributed by atoms with Gasteiger partial charge in [0.1, 0.15) is 5.75 Å². The van der Waals surface area contributed by atoms with Gasteiger partial charge in [-0.3, -0.25) is 4.79 Å². The number of halogens is 2. The molecule has 3 N–H and O–H groups in total. The Kier molecular flexibility index (Phi) is 7.67. The van der Waals surface area contributed by atoms with E-state index in [4.69, 9.17) is 23.2 Å². The van der Waals surface area contributed by atoms with Crippen molar-refractivity contribution in [2.75, 3.05) is 5.32 Å². The van der Waals surface area contributed by atoms with E-state index in [0.29, 0.717) is 16.9 Å². The van der Waals surface area contributed by atoms with Crippen LogP contribution in [0, 0.1) is 0 Å². The molecule has 2 aromatic carbocycles. The third-order valence-corrected chi connectivity index (χ3v) is 7.04. The number of carbonyl (C=O) groups is 2. The first-order valence-corrected chi connectivity index (χ1v) is 12.5. The van der Waals surface area contributed by atoms with Crippen molar-refractivity contribution < 1.29 is 14.7 Å². The van der Waals surface area contributed by atoms with Crippen LogP contribution in [0.5, 0.6) is 5.75 Å². The zero-order valence-electron chi connectivity index (χ0n) is 19.6. The molecule has 0 bridgehead atoms. The van der Waals surface area contributed by atoms with Crippen molar-refractivity contribution in [1.82, 2.24) is 15.1 Å². The molecule has 9 heteroatoms. The molecule has 1 unspecified atom stereocenters. The molecule has 1 saturated carbocycles. The average Bonchev–Trinajstić information content (AvgIpc) is 3.50. The van der Waals surface area contributed by atoms with Crippen LogP contribution >= 0.6 is 23.2 Å². The molecular weight excluding hydrogens is 487 g/mol. The van der Waals surface area contributed by atoms with Crippen molar-refractivity contribution in [3.8, 4) is 17.0 Å². The predicted molar refractivity (Wildman–Crippen MR) is 139 cm³/mol. The Morgan fingerprint density at radius 3 is 2.49 bits per heavy atom. The van der Waals surface area contributed by atoms with Crippen molar-refractivity contribution in [1.29, 1.82) is 0 Å². The number of hydrogen-bond acceptors (Lipinski definition) is 4. The highest BCUT2D eigenvalue weighted by Gasteiger charge is 2.26. The maximum Gasteiger partial charge on any atom is 0.342 e. The number of phenolic OH excluding ortho intramolecular Hbond substituents is 1. The third-order valence-electron chi connectivity index (χ3n) is 6.41. The van der Waals surface area contributed by atoms with Gasteiger partial charge in [-0.05, 0) is 62.6 Å². The van der Waals surface area contributed by atoms with Crippen LogP contribution < -0.4 is 10.6 Å². The third kappa shape index (κ3) is 5.46. The first-order valence-electron chi connectivity index (χ1n) is 11.8. The van der Waals surface area contributed by atoms with E-state index < -0.39 is 5.91 Å². The van der Waals surface area contributed by atoms with Crippen LogP contribution in [0.3, 0.4) is 0 Å². The summed E-state index contributed by atoms with van der Waals surface area (Å²) in [5.41, 5.74) is 2.28. The number of aromatic hydroxyl groups is 1. The van der Waals surface area contributed by atoms with Crippen LogP contribution in [-0.2, 0) is 0 Å². The van der Waals surface area contributed by atoms with Crippen LogP contribution in [0.4, 0.5) is 10.5 Å². The molecule has 3 aromatic rings. The molecule has 0 spiro atoms. The second-order valence-corrected chi connectivity index (χ2v) is 9.70. The van der Waals surface area contributed by atoms with E-state index in [1.807, 2.05) is 19.9 Å². The molecule has 35 heavy (non-hydrogen) atoms. The van der Waals surface area contributed by atoms with Gasteiger partial charge in [-0.1, -0.05) is 49.0 Å². The van der Waals surface area contributed by atoms with Gasteiger partial charge in [0.2, 0.25) is 0 Å². The molecule has 4 rings (SSSR count). The summed E-state index contributed by atoms with van der Waals surface area (Å²) < 4.78 is 1.42. The maximum atomic E-state index is 13.0. The van der Waals surface area contributed by atoms with Crippen molar-refractivity contribution >= 4 is 40.8 Å². The number of nitrogens with zero attached hydrogens (tertiary/aromatic N) is 2. The lowest BCUT2D eigenvalue weighted by Gasteiger charge is -2.15. The number of nitrogens with one attached hydrogen (secondary N) is 2. The highest BCUT2D eigenvalue weighted by atomic mass is 35.5. The zero-order chi connectivity index (χ0) is 25.1. The number of rotatable bonds is 6. The summed E-state index contributed by atoms with van der Waals surface area (Å²) in [6, 6.07) is 11.1. The summed E-state index contributed by atoms with van der Waals surface area (Å²) in [5, 5.41) is 21.4. The van der Waals surface area contributed by atoms with Crippen LogP contribution in [0.15, 0.2) is 42.5 Å². The summed E-state index contributed by atoms with van der Waals surface area (Å²) in [6.45, 7) is 3.95. The van der Waals surface area contributed by atoms with Gasteiger partial charge >= 0.3 is 6.03 Å². The minimum absolute atomic E-state index is 0.00940. The maximum absolute atomic E-state index is 13.0. The molecule has 1 heterocycles. The van der Waals surface area contributed by atoms with E-state index in [1.54, 1.807) is 30.3 Å². The standard InChI is InChI=1S/C26H28Cl2N4O3/c1-3-15(2)29-26(35)32-22(16-7-4-5-8-16)14-21(31-32)18-13-17(11-12-23(18)33)30-25(34)24-19(27)9-6-10-20(24)28/h6,9-16,33H,3-5,7-8H2,1-2H3,(H,29,35)(H,30,34). The second kappa shape index (κ2) is 10.7. The fourth-order valence-electron chi connectivity index (χ4n) is 4.30. The predicted octanol–water partition coefficient (Wildman–Crippen LogP) is 6.83. The summed E-state index contributed by atoms with van der Waals surface area (Å²) in [4.78, 5) is 25.8. The van der Waals surface area contributed by atoms with E-state index in [1.165, 1.54) is 10.7 Å². The SMILES string of the molecule is CCC(C)NC(=O)n1nc(-c2cc(NC(=O)c3c(Cl)cccc3Cl)ccc2O)cc1C1CCCC1. The lowest BCUT2D eigenvalue weighted by atomic mass is 10.0. The largest absolute Gasteiger partial charge is 0.507 e. The molecule has 0 radical (unpaired) electrons. The fourth-order valence-corrected chi connectivity index (χ4v) is 4.87. The number of anilines is 1. The fraction of sp³-hybridized carbons (Fsp3) is 0.346. The first kappa shape index (κ1) is 25.1. The average molecular weight is 515 g/mol. The van der Waals surface area contributed by atoms with Gasteiger partial charge in [0.25, 0.3) is 5.91 Å². The van der Waals surface area contributed by atoms with Gasteiger partial charge in [-0.25, -0.2) is 4.79 Å². The molecule has 1 aliphatic rings. The zero-order valence-corrected chi connectivity index (χ0v) is 21.2. The van der Waals surface area contributed by atoms with Crippen molar-refractivity contribution in [2.45, 2.75) is 57.9 Å². The summed E-state index contributed by atoms with van der Waals surface area (Å²) in [6.07, 6.45) is 4.99. The molecular formula is C26H28Cl2N4O3. The number of aromatic nitrogens is 2. The summed E-state index contributed by atoms with van der Waals surface area (Å²) >= 11 is 12.3. The number of carbonyl (C=O) groups excluding carboxylic acids is 2. The van der Waals surface area contributed by atoms with E-state index in [2.05, 4.69) is 15.7 Å². The molecule has 1 fully saturated rings. The van der Waals surface area contributed by atoms with Crippen LogP contribution in [-0.4, -0.2) is 32.9 Å². The van der Waals surface area contributed by atoms with Crippen molar-refractivity contribution in [2.24, 2.45) is 0 Å². The van der Waals surface area contributed by atoms with Crippen LogP contribution in [0.25, 0.3) is 11.3 Å². The van der Waals surface area contributed by atoms with Gasteiger partial charge < -0.3 is 15.7 Å². The van der Waals surface area contributed by atoms with Gasteiger partial charge in [0.05, 0.1) is 27.0 Å². The van der Waals surface area contributed by atoms with E-state index in [-0.39, 0.29) is 39.3 Å². The van der Waals surface area contributed by atoms with Crippen LogP contribution in [0.1, 0.15) is 67.9 Å². The second-order valence-electron chi connectivity index (χ2n) is 8.89. The van der Waals surface area contributed by atoms with E-state index in [0.717, 1.165) is 37.8 Å². The topological polar surface area (TPSA) is 96.3 Å². The lowest BCUT2D eigenvalue weighted by Crippen LogP contribution is -2.37. The molecule has 184 valence electrons. The molecule has 0 saturated heterocycles. The van der Waals surface area contributed by atoms with E-state index >= 15 is 0 Å². The lowest BCUT2D eigenvalue weighted by molar-refractivity contribution is 0.102. The normalized spacial score (nSPS) is 14.6. The Hall–Kier alpha value is -3.03. The quantitative estimate of drug-likeness (QED) is 0.314. The molecule has 1 aromatic heterocycles. The Bertz CT molecular complexity index is 1230. The Morgan fingerprint density at radius 1 is 1.14 bits per heavy atom. The number of benzene rings is 2. The first-order chi connectivity index (χ1) is 16.8. The van der Waals surface area contributed by atoms with Crippen molar-refractivity contribution in [3.63, 3.8) is 0 Å². The Balaban J connectivity index is 1.68. The van der Waals surface area contributed by atoms with Gasteiger partial charge in [-0.2, -0.15) is 9.78 Å². The molecule has 2 amide bonds. The van der Waals surface area contributed by atoms with Gasteiger partial charge in [-0.15, -0.1) is 0 Å². The number of hydrogen-bond donors (Lipinski definition) is 3. The minimum atomic E-state index is -0.470. The number of amides is 2. The molecule has 1 aliphatic carbocycles. The highest BCUT2D eigenvalue weighted by molar-refractivity contribution is 6.40. The minimum Gasteiger partial charge on any atom is -0.507 e. The highest BCUT2D eigenvalue weighted by Crippen LogP contribution is 2.38. The van der Waals surface area contributed by atoms with Gasteiger partial charge in [0.15, 0.2) is 0 Å². The van der Waals surface area contributed by atoms with Crippen molar-refractivity contribution in [3.05, 3.63) is 63.8 Å².